The van der Waals surface area contributed by atoms with Crippen LogP contribution < -0.4 is 9.62 Å². The smallest absolute Gasteiger partial charge is 0.258 e. The molecule has 7 nitrogen and oxygen atoms in total. The van der Waals surface area contributed by atoms with Crippen molar-refractivity contribution in [2.24, 2.45) is 0 Å². The molecule has 0 aliphatic carbocycles. The van der Waals surface area contributed by atoms with Gasteiger partial charge in [0.25, 0.3) is 5.91 Å². The monoisotopic (exact) mass is 464 g/mol. The maximum Gasteiger partial charge on any atom is 0.258 e. The zero-order valence-corrected chi connectivity index (χ0v) is 18.9. The van der Waals surface area contributed by atoms with Gasteiger partial charge in [-0.25, -0.2) is 13.1 Å². The summed E-state index contributed by atoms with van der Waals surface area (Å²) in [4.78, 5) is 15.0. The van der Waals surface area contributed by atoms with Gasteiger partial charge in [-0.3, -0.25) is 4.79 Å². The summed E-state index contributed by atoms with van der Waals surface area (Å²) in [6.45, 7) is 2.64. The number of anilines is 1. The van der Waals surface area contributed by atoms with Crippen LogP contribution in [-0.2, 0) is 23.0 Å². The molecule has 0 unspecified atom stereocenters. The summed E-state index contributed by atoms with van der Waals surface area (Å²) in [6.07, 6.45) is 0.776. The third kappa shape index (κ3) is 3.68. The molecule has 3 aromatic carbocycles. The van der Waals surface area contributed by atoms with E-state index in [1.165, 1.54) is 6.07 Å². The molecule has 0 saturated heterocycles. The van der Waals surface area contributed by atoms with Crippen LogP contribution in [0.2, 0.25) is 0 Å². The third-order valence-electron chi connectivity index (χ3n) is 5.67. The predicted octanol–water partition coefficient (Wildman–Crippen LogP) is 3.68. The van der Waals surface area contributed by atoms with Crippen LogP contribution in [0, 0.1) is 6.92 Å². The van der Waals surface area contributed by atoms with Gasteiger partial charge in [0.1, 0.15) is 15.9 Å². The van der Waals surface area contributed by atoms with Crippen molar-refractivity contribution >= 4 is 44.4 Å². The Kier molecular flexibility index (Phi) is 5.24. The van der Waals surface area contributed by atoms with Gasteiger partial charge >= 0.3 is 0 Å². The van der Waals surface area contributed by atoms with E-state index in [4.69, 9.17) is 0 Å². The summed E-state index contributed by atoms with van der Waals surface area (Å²) in [6, 6.07) is 18.2. The van der Waals surface area contributed by atoms with Crippen LogP contribution in [-0.4, -0.2) is 29.6 Å². The molecule has 1 amide bonds. The number of nitrogens with one attached hydrogen (secondary N) is 1. The molecule has 1 aromatic heterocycles. The van der Waals surface area contributed by atoms with Crippen molar-refractivity contribution in [1.29, 1.82) is 0 Å². The number of fused-ring (bicyclic) bond motifs is 2. The highest BCUT2D eigenvalue weighted by Crippen LogP contribution is 2.31. The highest BCUT2D eigenvalue weighted by atomic mass is 32.2. The van der Waals surface area contributed by atoms with E-state index in [1.54, 1.807) is 17.0 Å². The maximum absolute atomic E-state index is 13.1. The number of nitrogens with zero attached hydrogens (tertiary/aromatic N) is 3. The SMILES string of the molecule is Cc1ccccc1C(=O)N1CCc2ccc(CNS(=O)(=O)c3cccc4nsnc34)cc21. The Labute approximate surface area is 190 Å². The largest absolute Gasteiger partial charge is 0.308 e. The van der Waals surface area contributed by atoms with Gasteiger partial charge in [-0.05, 0) is 54.3 Å². The van der Waals surface area contributed by atoms with E-state index >= 15 is 0 Å². The lowest BCUT2D eigenvalue weighted by molar-refractivity contribution is 0.0989. The Morgan fingerprint density at radius 3 is 2.78 bits per heavy atom. The normalized spacial score (nSPS) is 13.5. The van der Waals surface area contributed by atoms with E-state index in [-0.39, 0.29) is 17.3 Å². The first-order valence-corrected chi connectivity index (χ1v) is 12.4. The molecule has 0 fully saturated rings. The summed E-state index contributed by atoms with van der Waals surface area (Å²) < 4.78 is 36.7. The molecule has 162 valence electrons. The van der Waals surface area contributed by atoms with Crippen LogP contribution in [0.3, 0.4) is 0 Å². The summed E-state index contributed by atoms with van der Waals surface area (Å²) in [5.74, 6) is -0.0395. The topological polar surface area (TPSA) is 92.3 Å². The predicted molar refractivity (Wildman–Crippen MR) is 124 cm³/mol. The molecule has 0 saturated carbocycles. The average molecular weight is 465 g/mol. The Hall–Kier alpha value is -3.14. The van der Waals surface area contributed by atoms with Gasteiger partial charge in [-0.1, -0.05) is 36.4 Å². The number of rotatable bonds is 5. The van der Waals surface area contributed by atoms with Crippen LogP contribution in [0.25, 0.3) is 11.0 Å². The molecule has 1 aliphatic heterocycles. The lowest BCUT2D eigenvalue weighted by Crippen LogP contribution is -2.29. The fraction of sp³-hybridized carbons (Fsp3) is 0.174. The zero-order valence-electron chi connectivity index (χ0n) is 17.3. The van der Waals surface area contributed by atoms with Crippen molar-refractivity contribution in [3.8, 4) is 0 Å². The molecule has 1 N–H and O–H groups in total. The van der Waals surface area contributed by atoms with Gasteiger partial charge in [-0.15, -0.1) is 0 Å². The highest BCUT2D eigenvalue weighted by molar-refractivity contribution is 7.89. The Morgan fingerprint density at radius 2 is 1.94 bits per heavy atom. The lowest BCUT2D eigenvalue weighted by Gasteiger charge is -2.19. The van der Waals surface area contributed by atoms with Gasteiger partial charge in [0.05, 0.1) is 11.7 Å². The summed E-state index contributed by atoms with van der Waals surface area (Å²) in [5.41, 5.74) is 5.23. The maximum atomic E-state index is 13.1. The number of hydrogen-bond donors (Lipinski definition) is 1. The summed E-state index contributed by atoms with van der Waals surface area (Å²) in [5, 5.41) is 0. The number of carbonyl (C=O) groups excluding carboxylic acids is 1. The van der Waals surface area contributed by atoms with Crippen LogP contribution in [0.1, 0.15) is 27.0 Å². The van der Waals surface area contributed by atoms with Crippen molar-refractivity contribution in [2.75, 3.05) is 11.4 Å². The van der Waals surface area contributed by atoms with E-state index in [9.17, 15) is 13.2 Å². The van der Waals surface area contributed by atoms with Crippen LogP contribution in [0.4, 0.5) is 5.69 Å². The van der Waals surface area contributed by atoms with E-state index < -0.39 is 10.0 Å². The minimum atomic E-state index is -3.77. The molecule has 4 aromatic rings. The van der Waals surface area contributed by atoms with E-state index in [0.29, 0.717) is 23.1 Å². The zero-order chi connectivity index (χ0) is 22.3. The van der Waals surface area contributed by atoms with Crippen molar-refractivity contribution in [2.45, 2.75) is 24.8 Å². The second-order valence-corrected chi connectivity index (χ2v) is 9.96. The number of aromatic nitrogens is 2. The molecule has 0 atom stereocenters. The number of hydrogen-bond acceptors (Lipinski definition) is 6. The molecule has 2 heterocycles. The number of amides is 1. The number of benzene rings is 3. The molecular formula is C23H20N4O3S2. The first kappa shape index (κ1) is 20.7. The van der Waals surface area contributed by atoms with Gasteiger partial charge in [-0.2, -0.15) is 8.75 Å². The van der Waals surface area contributed by atoms with Gasteiger partial charge in [0.15, 0.2) is 0 Å². The van der Waals surface area contributed by atoms with Gasteiger partial charge in [0.2, 0.25) is 10.0 Å². The van der Waals surface area contributed by atoms with Crippen molar-refractivity contribution in [3.63, 3.8) is 0 Å². The molecule has 9 heteroatoms. The number of sulfonamides is 1. The minimum absolute atomic E-state index is 0.0395. The number of aryl methyl sites for hydroxylation is 1. The summed E-state index contributed by atoms with van der Waals surface area (Å²) >= 11 is 0.983. The van der Waals surface area contributed by atoms with Gasteiger partial charge in [0, 0.05) is 24.3 Å². The fourth-order valence-electron chi connectivity index (χ4n) is 3.96. The van der Waals surface area contributed by atoms with Crippen LogP contribution in [0.5, 0.6) is 0 Å². The Bertz CT molecular complexity index is 1450. The van der Waals surface area contributed by atoms with Crippen molar-refractivity contribution < 1.29 is 13.2 Å². The Balaban J connectivity index is 1.39. The molecule has 5 rings (SSSR count). The molecular weight excluding hydrogens is 444 g/mol. The van der Waals surface area contributed by atoms with E-state index in [1.807, 2.05) is 49.4 Å². The van der Waals surface area contributed by atoms with E-state index in [0.717, 1.165) is 40.5 Å². The third-order valence-corrected chi connectivity index (χ3v) is 7.65. The minimum Gasteiger partial charge on any atom is -0.308 e. The molecule has 0 radical (unpaired) electrons. The highest BCUT2D eigenvalue weighted by Gasteiger charge is 2.27. The van der Waals surface area contributed by atoms with Crippen LogP contribution in [0.15, 0.2) is 65.6 Å². The average Bonchev–Trinajstić information content (AvgIpc) is 3.44. The fourth-order valence-corrected chi connectivity index (χ4v) is 5.74. The standard InChI is InChI=1S/C23H20N4O3S2/c1-15-5-2-3-6-18(15)23(28)27-12-11-17-10-9-16(13-20(17)27)14-24-32(29,30)21-8-4-7-19-22(21)26-31-25-19/h2-10,13,24H,11-12,14H2,1H3. The second kappa shape index (κ2) is 8.09. The van der Waals surface area contributed by atoms with Gasteiger partial charge < -0.3 is 4.90 Å². The first-order chi connectivity index (χ1) is 15.4. The summed E-state index contributed by atoms with van der Waals surface area (Å²) in [7, 11) is -3.77. The van der Waals surface area contributed by atoms with Crippen molar-refractivity contribution in [1.82, 2.24) is 13.5 Å². The second-order valence-electron chi connectivity index (χ2n) is 7.70. The van der Waals surface area contributed by atoms with E-state index in [2.05, 4.69) is 13.5 Å². The molecule has 32 heavy (non-hydrogen) atoms. The van der Waals surface area contributed by atoms with Crippen molar-refractivity contribution in [3.05, 3.63) is 82.9 Å². The lowest BCUT2D eigenvalue weighted by atomic mass is 10.1. The molecule has 0 bridgehead atoms. The van der Waals surface area contributed by atoms with Crippen LogP contribution >= 0.6 is 11.7 Å². The molecule has 0 spiro atoms. The Morgan fingerprint density at radius 1 is 1.09 bits per heavy atom. The quantitative estimate of drug-likeness (QED) is 0.486. The number of carbonyl (C=O) groups is 1. The first-order valence-electron chi connectivity index (χ1n) is 10.1. The molecule has 1 aliphatic rings.